The van der Waals surface area contributed by atoms with Crippen LogP contribution in [-0.4, -0.2) is 35.2 Å². The fraction of sp³-hybridized carbons (Fsp3) is 0.333. The number of benzene rings is 2. The van der Waals surface area contributed by atoms with Gasteiger partial charge in [-0.15, -0.1) is 0 Å². The molecule has 0 spiro atoms. The number of aromatic amines is 1. The zero-order chi connectivity index (χ0) is 20.9. The second-order valence-corrected chi connectivity index (χ2v) is 7.71. The predicted molar refractivity (Wildman–Crippen MR) is 119 cm³/mol. The first-order valence-electron chi connectivity index (χ1n) is 10.5. The third kappa shape index (κ3) is 4.71. The van der Waals surface area contributed by atoms with Crippen molar-refractivity contribution < 1.29 is 9.53 Å². The molecule has 0 radical (unpaired) electrons. The Morgan fingerprint density at radius 3 is 2.77 bits per heavy atom. The minimum atomic E-state index is -0.237. The van der Waals surface area contributed by atoms with Crippen molar-refractivity contribution in [3.05, 3.63) is 76.1 Å². The van der Waals surface area contributed by atoms with Crippen LogP contribution in [-0.2, 0) is 17.7 Å². The molecule has 3 aromatic rings. The Balaban J connectivity index is 1.60. The number of anilines is 1. The molecule has 1 aliphatic rings. The van der Waals surface area contributed by atoms with E-state index in [-0.39, 0.29) is 24.2 Å². The molecule has 156 valence electrons. The number of hydrogen-bond donors (Lipinski definition) is 2. The van der Waals surface area contributed by atoms with Gasteiger partial charge >= 0.3 is 6.03 Å². The average Bonchev–Trinajstić information content (AvgIpc) is 3.27. The third-order valence-corrected chi connectivity index (χ3v) is 5.52. The maximum Gasteiger partial charge on any atom is 0.322 e. The van der Waals surface area contributed by atoms with Crippen molar-refractivity contribution in [1.82, 2.24) is 9.88 Å². The molecule has 2 amide bonds. The van der Waals surface area contributed by atoms with Crippen LogP contribution in [0, 0.1) is 0 Å². The number of amides is 2. The van der Waals surface area contributed by atoms with Crippen molar-refractivity contribution in [3.8, 4) is 0 Å². The maximum atomic E-state index is 13.0. The van der Waals surface area contributed by atoms with Crippen molar-refractivity contribution in [1.29, 1.82) is 0 Å². The monoisotopic (exact) mass is 405 g/mol. The van der Waals surface area contributed by atoms with Crippen LogP contribution in [0.3, 0.4) is 0 Å². The normalized spacial score (nSPS) is 16.0. The van der Waals surface area contributed by atoms with Gasteiger partial charge in [0.2, 0.25) is 0 Å². The number of nitrogens with one attached hydrogen (secondary N) is 2. The number of pyridine rings is 1. The fourth-order valence-corrected chi connectivity index (χ4v) is 3.82. The van der Waals surface area contributed by atoms with Crippen LogP contribution < -0.4 is 10.9 Å². The molecule has 1 aliphatic heterocycles. The van der Waals surface area contributed by atoms with Gasteiger partial charge in [-0.3, -0.25) is 4.79 Å². The molecular weight excluding hydrogens is 378 g/mol. The molecule has 2 heterocycles. The number of urea groups is 1. The largest absolute Gasteiger partial charge is 0.376 e. The number of H-pyrrole nitrogens is 1. The van der Waals surface area contributed by atoms with Gasteiger partial charge in [0.25, 0.3) is 5.56 Å². The van der Waals surface area contributed by atoms with E-state index in [4.69, 9.17) is 4.74 Å². The summed E-state index contributed by atoms with van der Waals surface area (Å²) >= 11 is 0. The molecule has 6 heteroatoms. The lowest BCUT2D eigenvalue weighted by Gasteiger charge is -2.25. The second kappa shape index (κ2) is 9.13. The molecule has 2 aromatic carbocycles. The van der Waals surface area contributed by atoms with Gasteiger partial charge < -0.3 is 19.9 Å². The van der Waals surface area contributed by atoms with Gasteiger partial charge in [0.15, 0.2) is 0 Å². The van der Waals surface area contributed by atoms with Crippen molar-refractivity contribution in [2.75, 3.05) is 18.5 Å². The molecule has 0 bridgehead atoms. The minimum Gasteiger partial charge on any atom is -0.376 e. The van der Waals surface area contributed by atoms with E-state index in [0.717, 1.165) is 42.5 Å². The summed E-state index contributed by atoms with van der Waals surface area (Å²) in [6.07, 6.45) is 2.84. The number of rotatable bonds is 6. The number of aryl methyl sites for hydroxylation is 1. The van der Waals surface area contributed by atoms with E-state index in [2.05, 4.69) is 23.3 Å². The first kappa shape index (κ1) is 20.2. The van der Waals surface area contributed by atoms with E-state index in [1.807, 2.05) is 48.5 Å². The Bertz CT molecular complexity index is 1070. The molecule has 1 aromatic heterocycles. The smallest absolute Gasteiger partial charge is 0.322 e. The average molecular weight is 405 g/mol. The van der Waals surface area contributed by atoms with Crippen LogP contribution in [0.15, 0.2) is 59.4 Å². The van der Waals surface area contributed by atoms with Crippen LogP contribution in [0.5, 0.6) is 0 Å². The SMILES string of the molecule is CCc1ccc2[nH]c(=O)c(CN(C[C@H]3CCCO3)C(=O)Nc3ccccc3)cc2c1. The van der Waals surface area contributed by atoms with E-state index < -0.39 is 0 Å². The van der Waals surface area contributed by atoms with Crippen LogP contribution in [0.1, 0.15) is 30.9 Å². The number of ether oxygens (including phenoxy) is 1. The second-order valence-electron chi connectivity index (χ2n) is 7.71. The number of hydrogen-bond acceptors (Lipinski definition) is 3. The van der Waals surface area contributed by atoms with Crippen molar-refractivity contribution in [3.63, 3.8) is 0 Å². The molecule has 1 fully saturated rings. The summed E-state index contributed by atoms with van der Waals surface area (Å²) in [7, 11) is 0. The lowest BCUT2D eigenvalue weighted by molar-refractivity contribution is 0.0818. The van der Waals surface area contributed by atoms with Gasteiger partial charge in [0.1, 0.15) is 0 Å². The van der Waals surface area contributed by atoms with Gasteiger partial charge in [0.05, 0.1) is 12.6 Å². The summed E-state index contributed by atoms with van der Waals surface area (Å²) in [5.74, 6) is 0. The van der Waals surface area contributed by atoms with Gasteiger partial charge in [-0.2, -0.15) is 0 Å². The van der Waals surface area contributed by atoms with E-state index in [1.165, 1.54) is 5.56 Å². The molecular formula is C24H27N3O3. The highest BCUT2D eigenvalue weighted by Crippen LogP contribution is 2.18. The highest BCUT2D eigenvalue weighted by atomic mass is 16.5. The number of fused-ring (bicyclic) bond motifs is 1. The van der Waals surface area contributed by atoms with E-state index in [0.29, 0.717) is 12.1 Å². The topological polar surface area (TPSA) is 74.4 Å². The first-order valence-corrected chi connectivity index (χ1v) is 10.5. The predicted octanol–water partition coefficient (Wildman–Crippen LogP) is 4.30. The zero-order valence-electron chi connectivity index (χ0n) is 17.2. The Morgan fingerprint density at radius 2 is 2.03 bits per heavy atom. The van der Waals surface area contributed by atoms with Crippen molar-refractivity contribution in [2.24, 2.45) is 0 Å². The fourth-order valence-electron chi connectivity index (χ4n) is 3.82. The number of nitrogens with zero attached hydrogens (tertiary/aromatic N) is 1. The molecule has 0 saturated carbocycles. The van der Waals surface area contributed by atoms with E-state index in [9.17, 15) is 9.59 Å². The van der Waals surface area contributed by atoms with Gasteiger partial charge in [0, 0.05) is 29.9 Å². The van der Waals surface area contributed by atoms with Crippen LogP contribution in [0.25, 0.3) is 10.9 Å². The molecule has 1 atom stereocenters. The number of aromatic nitrogens is 1. The molecule has 30 heavy (non-hydrogen) atoms. The van der Waals surface area contributed by atoms with Crippen molar-refractivity contribution >= 4 is 22.6 Å². The van der Waals surface area contributed by atoms with Crippen LogP contribution >= 0.6 is 0 Å². The molecule has 6 nitrogen and oxygen atoms in total. The maximum absolute atomic E-state index is 13.0. The number of carbonyl (C=O) groups is 1. The third-order valence-electron chi connectivity index (χ3n) is 5.52. The summed E-state index contributed by atoms with van der Waals surface area (Å²) in [6.45, 7) is 3.49. The molecule has 0 aliphatic carbocycles. The zero-order valence-corrected chi connectivity index (χ0v) is 17.2. The summed E-state index contributed by atoms with van der Waals surface area (Å²) < 4.78 is 5.74. The molecule has 0 unspecified atom stereocenters. The van der Waals surface area contributed by atoms with Crippen LogP contribution in [0.4, 0.5) is 10.5 Å². The molecule has 2 N–H and O–H groups in total. The summed E-state index contributed by atoms with van der Waals surface area (Å²) in [6, 6.07) is 17.0. The minimum absolute atomic E-state index is 0.00208. The first-order chi connectivity index (χ1) is 14.6. The van der Waals surface area contributed by atoms with Crippen molar-refractivity contribution in [2.45, 2.75) is 38.8 Å². The highest BCUT2D eigenvalue weighted by Gasteiger charge is 2.24. The Labute approximate surface area is 175 Å². The quantitative estimate of drug-likeness (QED) is 0.642. The lowest BCUT2D eigenvalue weighted by atomic mass is 10.1. The Hall–Kier alpha value is -3.12. The van der Waals surface area contributed by atoms with Gasteiger partial charge in [-0.1, -0.05) is 31.2 Å². The summed E-state index contributed by atoms with van der Waals surface area (Å²) in [5, 5.41) is 3.91. The standard InChI is InChI=1S/C24H27N3O3/c1-2-17-10-11-22-18(13-17)14-19(23(28)26-22)15-27(16-21-9-6-12-30-21)24(29)25-20-7-4-3-5-8-20/h3-5,7-8,10-11,13-14,21H,2,6,9,12,15-16H2,1H3,(H,25,29)(H,26,28)/t21-/m1/s1. The number of para-hydroxylation sites is 1. The Morgan fingerprint density at radius 1 is 1.20 bits per heavy atom. The Kier molecular flexibility index (Phi) is 6.14. The molecule has 4 rings (SSSR count). The lowest BCUT2D eigenvalue weighted by Crippen LogP contribution is -2.40. The van der Waals surface area contributed by atoms with Gasteiger partial charge in [-0.25, -0.2) is 4.79 Å². The summed E-state index contributed by atoms with van der Waals surface area (Å²) in [5.41, 5.74) is 3.13. The number of carbonyl (C=O) groups excluding carboxylic acids is 1. The van der Waals surface area contributed by atoms with Crippen LogP contribution in [0.2, 0.25) is 0 Å². The summed E-state index contributed by atoms with van der Waals surface area (Å²) in [4.78, 5) is 30.3. The van der Waals surface area contributed by atoms with E-state index in [1.54, 1.807) is 4.90 Å². The van der Waals surface area contributed by atoms with E-state index >= 15 is 0 Å². The highest BCUT2D eigenvalue weighted by molar-refractivity contribution is 5.89. The van der Waals surface area contributed by atoms with Gasteiger partial charge in [-0.05, 0) is 60.5 Å². The molecule has 1 saturated heterocycles.